The third-order valence-corrected chi connectivity index (χ3v) is 13.3. The largest absolute Gasteiger partial charge is 0.472 e. The molecular formula is C62H110N2O7P+. The molecule has 1 amide bonds. The third kappa shape index (κ3) is 51.8. The number of quaternary nitrogens is 1. The molecule has 72 heavy (non-hydrogen) atoms. The van der Waals surface area contributed by atoms with Crippen LogP contribution in [0.4, 0.5) is 0 Å². The number of esters is 1. The number of hydrogen-bond acceptors (Lipinski definition) is 6. The lowest BCUT2D eigenvalue weighted by Gasteiger charge is -2.27. The molecule has 0 aromatic heterocycles. The highest BCUT2D eigenvalue weighted by Gasteiger charge is 2.30. The van der Waals surface area contributed by atoms with E-state index in [0.29, 0.717) is 23.9 Å². The maximum Gasteiger partial charge on any atom is 0.472 e. The van der Waals surface area contributed by atoms with E-state index in [1.165, 1.54) is 103 Å². The van der Waals surface area contributed by atoms with Gasteiger partial charge in [-0.05, 0) is 96.0 Å². The van der Waals surface area contributed by atoms with Crippen LogP contribution >= 0.6 is 7.82 Å². The molecule has 9 nitrogen and oxygen atoms in total. The van der Waals surface area contributed by atoms with E-state index in [-0.39, 0.29) is 37.9 Å². The van der Waals surface area contributed by atoms with Gasteiger partial charge in [0.1, 0.15) is 19.3 Å². The van der Waals surface area contributed by atoms with Crippen molar-refractivity contribution < 1.29 is 37.3 Å². The van der Waals surface area contributed by atoms with E-state index in [9.17, 15) is 19.0 Å². The van der Waals surface area contributed by atoms with E-state index >= 15 is 0 Å². The fraction of sp³-hybridized carbons (Fsp3) is 0.710. The molecule has 0 aliphatic heterocycles. The summed E-state index contributed by atoms with van der Waals surface area (Å²) in [5, 5.41) is 2.99. The van der Waals surface area contributed by atoms with Crippen molar-refractivity contribution in [2.75, 3.05) is 40.9 Å². The van der Waals surface area contributed by atoms with Crippen LogP contribution in [0.2, 0.25) is 0 Å². The fourth-order valence-corrected chi connectivity index (χ4v) is 8.52. The molecule has 3 atom stereocenters. The van der Waals surface area contributed by atoms with Crippen molar-refractivity contribution >= 4 is 19.7 Å². The van der Waals surface area contributed by atoms with Crippen molar-refractivity contribution in [2.45, 2.75) is 245 Å². The minimum absolute atomic E-state index is 0.0204. The second kappa shape index (κ2) is 51.4. The van der Waals surface area contributed by atoms with Gasteiger partial charge in [-0.3, -0.25) is 18.6 Å². The van der Waals surface area contributed by atoms with E-state index < -0.39 is 20.0 Å². The number of unbranched alkanes of at least 4 members (excludes halogenated alkanes) is 21. The van der Waals surface area contributed by atoms with Gasteiger partial charge >= 0.3 is 13.8 Å². The van der Waals surface area contributed by atoms with Crippen molar-refractivity contribution in [3.8, 4) is 0 Å². The highest BCUT2D eigenvalue weighted by molar-refractivity contribution is 7.47. The number of allylic oxidation sites excluding steroid dienone is 15. The van der Waals surface area contributed by atoms with Crippen LogP contribution < -0.4 is 5.32 Å². The second-order valence-corrected chi connectivity index (χ2v) is 21.9. The van der Waals surface area contributed by atoms with Crippen LogP contribution in [0.5, 0.6) is 0 Å². The lowest BCUT2D eigenvalue weighted by molar-refractivity contribution is -0.870. The molecule has 0 rings (SSSR count). The van der Waals surface area contributed by atoms with Gasteiger partial charge in [0.05, 0.1) is 33.8 Å². The Bertz CT molecular complexity index is 1560. The van der Waals surface area contributed by atoms with Gasteiger partial charge in [0.25, 0.3) is 0 Å². The average molecular weight is 1030 g/mol. The molecule has 0 aromatic rings. The van der Waals surface area contributed by atoms with Crippen LogP contribution in [0.1, 0.15) is 233 Å². The zero-order valence-corrected chi connectivity index (χ0v) is 48.0. The van der Waals surface area contributed by atoms with Gasteiger partial charge < -0.3 is 19.4 Å². The second-order valence-electron chi connectivity index (χ2n) is 20.4. The molecule has 0 aliphatic rings. The fourth-order valence-electron chi connectivity index (χ4n) is 7.78. The molecule has 3 unspecified atom stereocenters. The normalized spacial score (nSPS) is 14.5. The van der Waals surface area contributed by atoms with Crippen LogP contribution in [0.3, 0.4) is 0 Å². The van der Waals surface area contributed by atoms with Gasteiger partial charge in [-0.15, -0.1) is 0 Å². The highest BCUT2D eigenvalue weighted by Crippen LogP contribution is 2.43. The molecule has 0 bridgehead atoms. The molecule has 0 aromatic carbocycles. The number of carbonyl (C=O) groups is 2. The topological polar surface area (TPSA) is 111 Å². The molecule has 0 aliphatic carbocycles. The lowest BCUT2D eigenvalue weighted by Crippen LogP contribution is -2.47. The summed E-state index contributed by atoms with van der Waals surface area (Å²) in [7, 11) is 1.43. The molecule has 0 spiro atoms. The summed E-state index contributed by atoms with van der Waals surface area (Å²) >= 11 is 0. The maximum absolute atomic E-state index is 13.5. The zero-order valence-electron chi connectivity index (χ0n) is 47.1. The summed E-state index contributed by atoms with van der Waals surface area (Å²) < 4.78 is 30.5. The first-order chi connectivity index (χ1) is 34.9. The van der Waals surface area contributed by atoms with Crippen molar-refractivity contribution in [1.82, 2.24) is 5.32 Å². The summed E-state index contributed by atoms with van der Waals surface area (Å²) in [5.74, 6) is -0.626. The van der Waals surface area contributed by atoms with Crippen molar-refractivity contribution in [2.24, 2.45) is 0 Å². The Kier molecular flexibility index (Phi) is 49.2. The Morgan fingerprint density at radius 1 is 0.500 bits per heavy atom. The molecule has 0 radical (unpaired) electrons. The Morgan fingerprint density at radius 3 is 1.36 bits per heavy atom. The lowest BCUT2D eigenvalue weighted by atomic mass is 10.0. The SMILES string of the molecule is CC/C=C\C/C=C\C/C=C\C/C=C\C/C=C\C/C=C\CCC(=O)NC(COP(=O)(O)OCC[N+](C)(C)C)C(/C=C\CCCCCCCCCCCCC)OC(=O)CCCCC/C=C\CCCCCCCCC. The monoisotopic (exact) mass is 1030 g/mol. The van der Waals surface area contributed by atoms with Gasteiger partial charge in [-0.1, -0.05) is 221 Å². The first-order valence-corrected chi connectivity index (χ1v) is 30.6. The van der Waals surface area contributed by atoms with E-state index in [1.807, 2.05) is 45.4 Å². The van der Waals surface area contributed by atoms with Crippen LogP contribution in [0, 0.1) is 0 Å². The first kappa shape index (κ1) is 68.9. The zero-order chi connectivity index (χ0) is 52.9. The Hall–Kier alpha value is -3.07. The number of hydrogen-bond donors (Lipinski definition) is 2. The molecular weight excluding hydrogens is 916 g/mol. The number of nitrogens with zero attached hydrogens (tertiary/aromatic N) is 1. The van der Waals surface area contributed by atoms with E-state index in [1.54, 1.807) is 0 Å². The molecule has 414 valence electrons. The number of amides is 1. The average Bonchev–Trinajstić information content (AvgIpc) is 3.34. The number of likely N-dealkylation sites (N-methyl/N-ethyl adjacent to an activating group) is 1. The molecule has 0 heterocycles. The Morgan fingerprint density at radius 2 is 0.903 bits per heavy atom. The molecule has 0 fully saturated rings. The minimum Gasteiger partial charge on any atom is -0.456 e. The smallest absolute Gasteiger partial charge is 0.456 e. The Labute approximate surface area is 443 Å². The number of phosphoric acid groups is 1. The summed E-state index contributed by atoms with van der Waals surface area (Å²) in [6, 6.07) is -0.899. The quantitative estimate of drug-likeness (QED) is 0.0205. The molecule has 2 N–H and O–H groups in total. The number of nitrogens with one attached hydrogen (secondary N) is 1. The standard InChI is InChI=1S/C62H109N2O7P/c1-7-10-13-16-19-22-25-28-30-31-32-33-34-36-39-42-45-48-51-54-61(65)63-59(58-70-72(67,68)69-57-56-64(4,5)6)60(53-50-47-44-41-38-35-27-24-21-18-15-12-9-3)71-62(66)55-52-49-46-43-40-37-29-26-23-20-17-14-11-8-2/h10,13,19,22,28,30,32-33,36-37,39-40,45,48,50,53,59-60H,7-9,11-12,14-18,20-21,23-27,29,31,34-35,38,41-44,46-47,49,51-52,54-58H2,1-6H3,(H-,63,65,67,68)/p+1/b13-10-,22-19-,30-28-,33-32-,39-36-,40-37-,48-45-,53-50-. The number of ether oxygens (including phenoxy) is 1. The maximum atomic E-state index is 13.5. The third-order valence-electron chi connectivity index (χ3n) is 12.3. The van der Waals surface area contributed by atoms with Gasteiger partial charge in [0.15, 0.2) is 0 Å². The number of rotatable bonds is 51. The van der Waals surface area contributed by atoms with Gasteiger partial charge in [-0.25, -0.2) is 4.57 Å². The van der Waals surface area contributed by atoms with Crippen LogP contribution in [0.15, 0.2) is 97.2 Å². The Balaban J connectivity index is 5.51. The van der Waals surface area contributed by atoms with Crippen molar-refractivity contribution in [3.05, 3.63) is 97.2 Å². The molecule has 10 heteroatoms. The first-order valence-electron chi connectivity index (χ1n) is 29.1. The van der Waals surface area contributed by atoms with Crippen LogP contribution in [-0.2, 0) is 27.9 Å². The van der Waals surface area contributed by atoms with E-state index in [2.05, 4.69) is 99.0 Å². The van der Waals surface area contributed by atoms with E-state index in [4.69, 9.17) is 13.8 Å². The number of carbonyl (C=O) groups excluding carboxylic acids is 2. The van der Waals surface area contributed by atoms with Gasteiger partial charge in [-0.2, -0.15) is 0 Å². The molecule has 0 saturated carbocycles. The molecule has 0 saturated heterocycles. The van der Waals surface area contributed by atoms with Gasteiger partial charge in [0, 0.05) is 12.8 Å². The van der Waals surface area contributed by atoms with Gasteiger partial charge in [0.2, 0.25) is 5.91 Å². The summed E-state index contributed by atoms with van der Waals surface area (Å²) in [5.41, 5.74) is 0. The number of phosphoric ester groups is 1. The summed E-state index contributed by atoms with van der Waals surface area (Å²) in [6.07, 6.45) is 68.5. The summed E-state index contributed by atoms with van der Waals surface area (Å²) in [6.45, 7) is 6.81. The predicted octanol–water partition coefficient (Wildman–Crippen LogP) is 17.6. The van der Waals surface area contributed by atoms with Crippen LogP contribution in [0.25, 0.3) is 0 Å². The van der Waals surface area contributed by atoms with Crippen LogP contribution in [-0.4, -0.2) is 74.3 Å². The van der Waals surface area contributed by atoms with E-state index in [0.717, 1.165) is 83.5 Å². The summed E-state index contributed by atoms with van der Waals surface area (Å²) in [4.78, 5) is 37.6. The van der Waals surface area contributed by atoms with Crippen molar-refractivity contribution in [3.63, 3.8) is 0 Å². The highest BCUT2D eigenvalue weighted by atomic mass is 31.2. The predicted molar refractivity (Wildman–Crippen MR) is 309 cm³/mol. The minimum atomic E-state index is -4.47. The van der Waals surface area contributed by atoms with Crippen molar-refractivity contribution in [1.29, 1.82) is 0 Å².